The van der Waals surface area contributed by atoms with E-state index in [1.807, 2.05) is 39.8 Å². The summed E-state index contributed by atoms with van der Waals surface area (Å²) in [5, 5.41) is 6.38. The molecule has 1 aromatic rings. The first-order valence-corrected chi connectivity index (χ1v) is 10.5. The molecular formula is C20H35IN4O2S. The van der Waals surface area contributed by atoms with Crippen molar-refractivity contribution >= 4 is 47.6 Å². The first kappa shape index (κ1) is 26.8. The minimum absolute atomic E-state index is 0. The van der Waals surface area contributed by atoms with Gasteiger partial charge in [-0.15, -0.1) is 24.0 Å². The SMILES string of the molecule is CSCCNC(=NCc1ccc(C)cc1OC(C)(C)C)NCC(=O)N(C)C.I. The average molecular weight is 522 g/mol. The number of amides is 1. The zero-order chi connectivity index (χ0) is 20.4. The number of carbonyl (C=O) groups excluding carboxylic acids is 1. The molecular weight excluding hydrogens is 487 g/mol. The summed E-state index contributed by atoms with van der Waals surface area (Å²) >= 11 is 1.76. The Bertz CT molecular complexity index is 646. The van der Waals surface area contributed by atoms with Crippen LogP contribution in [0.4, 0.5) is 0 Å². The molecule has 0 aliphatic heterocycles. The van der Waals surface area contributed by atoms with Gasteiger partial charge in [-0.25, -0.2) is 4.99 Å². The van der Waals surface area contributed by atoms with E-state index in [-0.39, 0.29) is 42.0 Å². The number of hydrogen-bond donors (Lipinski definition) is 2. The highest BCUT2D eigenvalue weighted by atomic mass is 127. The normalized spacial score (nSPS) is 11.5. The van der Waals surface area contributed by atoms with Crippen LogP contribution in [0.1, 0.15) is 31.9 Å². The molecule has 8 heteroatoms. The highest BCUT2D eigenvalue weighted by Crippen LogP contribution is 2.25. The summed E-state index contributed by atoms with van der Waals surface area (Å²) in [5.74, 6) is 2.44. The van der Waals surface area contributed by atoms with Crippen molar-refractivity contribution in [1.29, 1.82) is 0 Å². The van der Waals surface area contributed by atoms with E-state index in [9.17, 15) is 4.79 Å². The molecule has 0 aliphatic carbocycles. The summed E-state index contributed by atoms with van der Waals surface area (Å²) in [6.07, 6.45) is 2.06. The molecule has 0 fully saturated rings. The molecule has 28 heavy (non-hydrogen) atoms. The first-order valence-electron chi connectivity index (χ1n) is 9.12. The lowest BCUT2D eigenvalue weighted by Crippen LogP contribution is -2.43. The van der Waals surface area contributed by atoms with Crippen LogP contribution in [-0.2, 0) is 11.3 Å². The smallest absolute Gasteiger partial charge is 0.241 e. The van der Waals surface area contributed by atoms with Crippen molar-refractivity contribution in [3.05, 3.63) is 29.3 Å². The Hall–Kier alpha value is -1.16. The molecule has 0 radical (unpaired) electrons. The van der Waals surface area contributed by atoms with Gasteiger partial charge in [0.25, 0.3) is 0 Å². The summed E-state index contributed by atoms with van der Waals surface area (Å²) in [4.78, 5) is 18.1. The van der Waals surface area contributed by atoms with Crippen molar-refractivity contribution in [2.24, 2.45) is 4.99 Å². The van der Waals surface area contributed by atoms with E-state index in [4.69, 9.17) is 4.74 Å². The molecule has 1 aromatic carbocycles. The Morgan fingerprint density at radius 3 is 2.50 bits per heavy atom. The van der Waals surface area contributed by atoms with Crippen LogP contribution in [0.3, 0.4) is 0 Å². The fourth-order valence-electron chi connectivity index (χ4n) is 2.14. The van der Waals surface area contributed by atoms with Gasteiger partial charge in [-0.3, -0.25) is 4.79 Å². The molecule has 1 amide bonds. The van der Waals surface area contributed by atoms with Crippen molar-refractivity contribution in [3.63, 3.8) is 0 Å². The van der Waals surface area contributed by atoms with Gasteiger partial charge in [0.1, 0.15) is 11.4 Å². The monoisotopic (exact) mass is 522 g/mol. The van der Waals surface area contributed by atoms with E-state index in [1.165, 1.54) is 0 Å². The van der Waals surface area contributed by atoms with Crippen LogP contribution < -0.4 is 15.4 Å². The van der Waals surface area contributed by atoms with Crippen LogP contribution in [0.25, 0.3) is 0 Å². The van der Waals surface area contributed by atoms with Crippen molar-refractivity contribution in [2.75, 3.05) is 39.2 Å². The Labute approximate surface area is 191 Å². The molecule has 0 saturated heterocycles. The third-order valence-electron chi connectivity index (χ3n) is 3.55. The van der Waals surface area contributed by atoms with E-state index < -0.39 is 0 Å². The number of nitrogens with one attached hydrogen (secondary N) is 2. The fourth-order valence-corrected chi connectivity index (χ4v) is 2.45. The predicted molar refractivity (Wildman–Crippen MR) is 131 cm³/mol. The maximum Gasteiger partial charge on any atom is 0.241 e. The van der Waals surface area contributed by atoms with Crippen LogP contribution in [0.5, 0.6) is 5.75 Å². The first-order chi connectivity index (χ1) is 12.6. The minimum atomic E-state index is -0.276. The molecule has 0 atom stereocenters. The molecule has 0 unspecified atom stereocenters. The predicted octanol–water partition coefficient (Wildman–Crippen LogP) is 3.28. The number of aryl methyl sites for hydroxylation is 1. The number of ether oxygens (including phenoxy) is 1. The Morgan fingerprint density at radius 1 is 1.25 bits per heavy atom. The van der Waals surface area contributed by atoms with Gasteiger partial charge in [0, 0.05) is 32.0 Å². The lowest BCUT2D eigenvalue weighted by molar-refractivity contribution is -0.127. The Kier molecular flexibility index (Phi) is 12.6. The summed E-state index contributed by atoms with van der Waals surface area (Å²) in [6.45, 7) is 9.60. The number of aliphatic imine (C=N–C) groups is 1. The number of halogens is 1. The fraction of sp³-hybridized carbons (Fsp3) is 0.600. The molecule has 0 bridgehead atoms. The Balaban J connectivity index is 0.00000729. The van der Waals surface area contributed by atoms with Gasteiger partial charge >= 0.3 is 0 Å². The number of hydrogen-bond acceptors (Lipinski definition) is 4. The van der Waals surface area contributed by atoms with Crippen molar-refractivity contribution in [1.82, 2.24) is 15.5 Å². The summed E-state index contributed by atoms with van der Waals surface area (Å²) in [7, 11) is 3.48. The minimum Gasteiger partial charge on any atom is -0.488 e. The van der Waals surface area contributed by atoms with Crippen LogP contribution in [0.15, 0.2) is 23.2 Å². The third-order valence-corrected chi connectivity index (χ3v) is 4.16. The van der Waals surface area contributed by atoms with Crippen molar-refractivity contribution in [3.8, 4) is 5.75 Å². The highest BCUT2D eigenvalue weighted by molar-refractivity contribution is 14.0. The number of benzene rings is 1. The van der Waals surface area contributed by atoms with Crippen LogP contribution in [-0.4, -0.2) is 61.6 Å². The van der Waals surface area contributed by atoms with Crippen molar-refractivity contribution < 1.29 is 9.53 Å². The number of guanidine groups is 1. The lowest BCUT2D eigenvalue weighted by Gasteiger charge is -2.23. The second kappa shape index (κ2) is 13.1. The molecule has 1 rings (SSSR count). The van der Waals surface area contributed by atoms with Gasteiger partial charge in [0.15, 0.2) is 5.96 Å². The second-order valence-electron chi connectivity index (χ2n) is 7.55. The Morgan fingerprint density at radius 2 is 1.93 bits per heavy atom. The van der Waals surface area contributed by atoms with Gasteiger partial charge in [-0.05, 0) is 45.6 Å². The molecule has 160 valence electrons. The number of nitrogens with zero attached hydrogens (tertiary/aromatic N) is 2. The number of rotatable bonds is 8. The van der Waals surface area contributed by atoms with Gasteiger partial charge in [0.05, 0.1) is 13.1 Å². The van der Waals surface area contributed by atoms with Crippen LogP contribution in [0.2, 0.25) is 0 Å². The molecule has 0 aromatic heterocycles. The molecule has 2 N–H and O–H groups in total. The lowest BCUT2D eigenvalue weighted by atomic mass is 10.1. The molecule has 0 aliphatic rings. The molecule has 0 spiro atoms. The zero-order valence-corrected chi connectivity index (χ0v) is 21.2. The second-order valence-corrected chi connectivity index (χ2v) is 8.54. The average Bonchev–Trinajstić information content (AvgIpc) is 2.56. The topological polar surface area (TPSA) is 66.0 Å². The number of thioether (sulfide) groups is 1. The largest absolute Gasteiger partial charge is 0.488 e. The van der Waals surface area contributed by atoms with E-state index in [1.54, 1.807) is 30.8 Å². The van der Waals surface area contributed by atoms with Gasteiger partial charge in [-0.2, -0.15) is 11.8 Å². The molecule has 6 nitrogen and oxygen atoms in total. The number of likely N-dealkylation sites (N-methyl/N-ethyl adjacent to an activating group) is 1. The number of carbonyl (C=O) groups is 1. The van der Waals surface area contributed by atoms with E-state index in [0.717, 1.165) is 29.2 Å². The molecule has 0 heterocycles. The summed E-state index contributed by atoms with van der Waals surface area (Å²) < 4.78 is 6.10. The summed E-state index contributed by atoms with van der Waals surface area (Å²) in [5.41, 5.74) is 1.89. The van der Waals surface area contributed by atoms with E-state index in [2.05, 4.69) is 27.9 Å². The van der Waals surface area contributed by atoms with Crippen LogP contribution >= 0.6 is 35.7 Å². The summed E-state index contributed by atoms with van der Waals surface area (Å²) in [6, 6.07) is 6.15. The highest BCUT2D eigenvalue weighted by Gasteiger charge is 2.15. The van der Waals surface area contributed by atoms with E-state index >= 15 is 0 Å². The van der Waals surface area contributed by atoms with Gasteiger partial charge in [0.2, 0.25) is 5.91 Å². The maximum atomic E-state index is 11.9. The van der Waals surface area contributed by atoms with Gasteiger partial charge in [-0.1, -0.05) is 12.1 Å². The third kappa shape index (κ3) is 11.0. The quantitative estimate of drug-likeness (QED) is 0.238. The maximum absolute atomic E-state index is 11.9. The van der Waals surface area contributed by atoms with Crippen LogP contribution in [0, 0.1) is 6.92 Å². The standard InChI is InChI=1S/C20H34N4O2S.HI/c1-15-8-9-16(17(12-15)26-20(2,3)4)13-22-19(21-10-11-27-7)23-14-18(25)24(5)6;/h8-9,12H,10-11,13-14H2,1-7H3,(H2,21,22,23);1H. The molecule has 0 saturated carbocycles. The van der Waals surface area contributed by atoms with Crippen molar-refractivity contribution in [2.45, 2.75) is 39.8 Å². The van der Waals surface area contributed by atoms with E-state index in [0.29, 0.717) is 12.5 Å². The van der Waals surface area contributed by atoms with Gasteiger partial charge < -0.3 is 20.3 Å². The zero-order valence-electron chi connectivity index (χ0n) is 18.1.